The Bertz CT molecular complexity index is 647. The van der Waals surface area contributed by atoms with Crippen LogP contribution in [0.2, 0.25) is 0 Å². The zero-order chi connectivity index (χ0) is 13.8. The Balaban J connectivity index is 2.68. The van der Waals surface area contributed by atoms with Crippen molar-refractivity contribution in [1.82, 2.24) is 4.98 Å². The number of aromatic nitrogens is 1. The summed E-state index contributed by atoms with van der Waals surface area (Å²) in [5.41, 5.74) is 1.84. The van der Waals surface area contributed by atoms with E-state index in [1.54, 1.807) is 25.1 Å². The minimum Gasteiger partial charge on any atom is -0.493 e. The Morgan fingerprint density at radius 3 is 2.89 bits per heavy atom. The van der Waals surface area contributed by atoms with Crippen LogP contribution in [-0.2, 0) is 0 Å². The van der Waals surface area contributed by atoms with Crippen molar-refractivity contribution in [2.45, 2.75) is 13.8 Å². The van der Waals surface area contributed by atoms with Crippen LogP contribution in [0, 0.1) is 24.1 Å². The summed E-state index contributed by atoms with van der Waals surface area (Å²) in [5.74, 6) is -0.00208. The van der Waals surface area contributed by atoms with Crippen LogP contribution in [0.4, 0.5) is 4.39 Å². The number of aryl methyl sites for hydroxylation is 1. The summed E-state index contributed by atoms with van der Waals surface area (Å²) in [6.07, 6.45) is 1.51. The third-order valence-corrected chi connectivity index (χ3v) is 2.71. The van der Waals surface area contributed by atoms with Gasteiger partial charge in [0.2, 0.25) is 0 Å². The quantitative estimate of drug-likeness (QED) is 0.844. The van der Waals surface area contributed by atoms with Crippen molar-refractivity contribution in [2.75, 3.05) is 6.61 Å². The van der Waals surface area contributed by atoms with Crippen LogP contribution in [0.15, 0.2) is 30.5 Å². The summed E-state index contributed by atoms with van der Waals surface area (Å²) in [6.45, 7) is 4.04. The van der Waals surface area contributed by atoms with Gasteiger partial charge in [-0.2, -0.15) is 5.26 Å². The zero-order valence-electron chi connectivity index (χ0n) is 10.8. The molecule has 4 heteroatoms. The molecule has 96 valence electrons. The Hall–Kier alpha value is -2.41. The molecule has 0 bridgehead atoms. The summed E-state index contributed by atoms with van der Waals surface area (Å²) < 4.78 is 19.5. The lowest BCUT2D eigenvalue weighted by Crippen LogP contribution is -1.98. The standard InChI is InChI=1S/C15H13FN2O/c1-3-19-14-6-4-5-13(16)15(14)12-9-18-10(2)7-11(12)8-17/h4-7,9H,3H2,1-2H3. The molecule has 1 aromatic heterocycles. The number of ether oxygens (including phenoxy) is 1. The van der Waals surface area contributed by atoms with Crippen molar-refractivity contribution < 1.29 is 9.13 Å². The normalized spacial score (nSPS) is 10.0. The fourth-order valence-electron chi connectivity index (χ4n) is 1.89. The van der Waals surface area contributed by atoms with E-state index in [2.05, 4.69) is 11.1 Å². The van der Waals surface area contributed by atoms with Gasteiger partial charge in [-0.05, 0) is 32.0 Å². The minimum atomic E-state index is -0.423. The first-order valence-corrected chi connectivity index (χ1v) is 5.95. The Kier molecular flexibility index (Phi) is 3.76. The van der Waals surface area contributed by atoms with Gasteiger partial charge in [-0.1, -0.05) is 6.07 Å². The van der Waals surface area contributed by atoms with Crippen molar-refractivity contribution >= 4 is 0 Å². The monoisotopic (exact) mass is 256 g/mol. The van der Waals surface area contributed by atoms with E-state index in [1.807, 2.05) is 6.92 Å². The molecule has 0 saturated carbocycles. The number of pyridine rings is 1. The molecule has 0 spiro atoms. The Morgan fingerprint density at radius 2 is 2.21 bits per heavy atom. The molecule has 2 aromatic rings. The lowest BCUT2D eigenvalue weighted by atomic mass is 10.0. The average Bonchev–Trinajstić information content (AvgIpc) is 2.40. The molecule has 0 fully saturated rings. The van der Waals surface area contributed by atoms with E-state index in [0.717, 1.165) is 5.69 Å². The molecular formula is C15H13FN2O. The maximum absolute atomic E-state index is 14.1. The van der Waals surface area contributed by atoms with Crippen LogP contribution in [0.5, 0.6) is 5.75 Å². The van der Waals surface area contributed by atoms with Gasteiger partial charge >= 0.3 is 0 Å². The number of halogens is 1. The second-order valence-corrected chi connectivity index (χ2v) is 4.03. The summed E-state index contributed by atoms with van der Waals surface area (Å²) in [5, 5.41) is 9.17. The first-order valence-electron chi connectivity index (χ1n) is 5.95. The van der Waals surface area contributed by atoms with Gasteiger partial charge in [-0.3, -0.25) is 4.98 Å². The third kappa shape index (κ3) is 2.55. The number of nitriles is 1. The average molecular weight is 256 g/mol. The maximum atomic E-state index is 14.1. The van der Waals surface area contributed by atoms with Crippen LogP contribution in [0.25, 0.3) is 11.1 Å². The molecule has 0 unspecified atom stereocenters. The van der Waals surface area contributed by atoms with Gasteiger partial charge in [0.1, 0.15) is 11.6 Å². The third-order valence-electron chi connectivity index (χ3n) is 2.71. The van der Waals surface area contributed by atoms with Crippen molar-refractivity contribution in [3.05, 3.63) is 47.5 Å². The molecule has 0 saturated heterocycles. The number of nitrogens with zero attached hydrogens (tertiary/aromatic N) is 2. The summed E-state index contributed by atoms with van der Waals surface area (Å²) >= 11 is 0. The fraction of sp³-hybridized carbons (Fsp3) is 0.200. The molecule has 0 amide bonds. The van der Waals surface area contributed by atoms with Gasteiger partial charge < -0.3 is 4.74 Å². The molecule has 0 N–H and O–H groups in total. The van der Waals surface area contributed by atoms with Gasteiger partial charge in [-0.15, -0.1) is 0 Å². The highest BCUT2D eigenvalue weighted by atomic mass is 19.1. The van der Waals surface area contributed by atoms with E-state index in [1.165, 1.54) is 12.3 Å². The first kappa shape index (κ1) is 13.0. The van der Waals surface area contributed by atoms with E-state index in [9.17, 15) is 9.65 Å². The lowest BCUT2D eigenvalue weighted by Gasteiger charge is -2.12. The number of hydrogen-bond acceptors (Lipinski definition) is 3. The van der Waals surface area contributed by atoms with Crippen molar-refractivity contribution in [3.8, 4) is 22.9 Å². The second kappa shape index (κ2) is 5.49. The Morgan fingerprint density at radius 1 is 1.42 bits per heavy atom. The predicted octanol–water partition coefficient (Wildman–Crippen LogP) is 3.47. The molecule has 1 heterocycles. The van der Waals surface area contributed by atoms with E-state index in [0.29, 0.717) is 23.5 Å². The molecule has 0 radical (unpaired) electrons. The van der Waals surface area contributed by atoms with Crippen LogP contribution < -0.4 is 4.74 Å². The molecule has 1 aromatic carbocycles. The maximum Gasteiger partial charge on any atom is 0.134 e. The largest absolute Gasteiger partial charge is 0.493 e. The summed E-state index contributed by atoms with van der Waals surface area (Å²) in [7, 11) is 0. The minimum absolute atomic E-state index is 0.286. The molecular weight excluding hydrogens is 243 g/mol. The van der Waals surface area contributed by atoms with Crippen LogP contribution in [0.1, 0.15) is 18.2 Å². The predicted molar refractivity (Wildman–Crippen MR) is 70.3 cm³/mol. The number of hydrogen-bond donors (Lipinski definition) is 0. The Labute approximate surface area is 111 Å². The van der Waals surface area contributed by atoms with Gasteiger partial charge in [0, 0.05) is 17.5 Å². The highest BCUT2D eigenvalue weighted by molar-refractivity contribution is 5.75. The molecule has 0 aliphatic carbocycles. The van der Waals surface area contributed by atoms with E-state index >= 15 is 0 Å². The van der Waals surface area contributed by atoms with E-state index in [4.69, 9.17) is 4.74 Å². The summed E-state index contributed by atoms with van der Waals surface area (Å²) in [6, 6.07) is 8.32. The summed E-state index contributed by atoms with van der Waals surface area (Å²) in [4.78, 5) is 4.13. The molecule has 3 nitrogen and oxygen atoms in total. The molecule has 2 rings (SSSR count). The van der Waals surface area contributed by atoms with Gasteiger partial charge in [0.15, 0.2) is 0 Å². The molecule has 19 heavy (non-hydrogen) atoms. The lowest BCUT2D eigenvalue weighted by molar-refractivity contribution is 0.340. The fourth-order valence-corrected chi connectivity index (χ4v) is 1.89. The van der Waals surface area contributed by atoms with Gasteiger partial charge in [0.05, 0.1) is 23.8 Å². The van der Waals surface area contributed by atoms with Crippen molar-refractivity contribution in [2.24, 2.45) is 0 Å². The highest BCUT2D eigenvalue weighted by Crippen LogP contribution is 2.34. The topological polar surface area (TPSA) is 45.9 Å². The van der Waals surface area contributed by atoms with Crippen molar-refractivity contribution in [1.29, 1.82) is 5.26 Å². The van der Waals surface area contributed by atoms with Gasteiger partial charge in [-0.25, -0.2) is 4.39 Å². The first-order chi connectivity index (χ1) is 9.17. The second-order valence-electron chi connectivity index (χ2n) is 4.03. The van der Waals surface area contributed by atoms with Crippen LogP contribution in [-0.4, -0.2) is 11.6 Å². The van der Waals surface area contributed by atoms with E-state index in [-0.39, 0.29) is 5.56 Å². The molecule has 0 atom stereocenters. The smallest absolute Gasteiger partial charge is 0.134 e. The van der Waals surface area contributed by atoms with Crippen LogP contribution >= 0.6 is 0 Å². The molecule has 0 aliphatic rings. The molecule has 0 aliphatic heterocycles. The van der Waals surface area contributed by atoms with E-state index < -0.39 is 5.82 Å². The van der Waals surface area contributed by atoms with Crippen molar-refractivity contribution in [3.63, 3.8) is 0 Å². The van der Waals surface area contributed by atoms with Gasteiger partial charge in [0.25, 0.3) is 0 Å². The zero-order valence-corrected chi connectivity index (χ0v) is 10.8. The number of rotatable bonds is 3. The number of benzene rings is 1. The highest BCUT2D eigenvalue weighted by Gasteiger charge is 2.16. The SMILES string of the molecule is CCOc1cccc(F)c1-c1cnc(C)cc1C#N. The van der Waals surface area contributed by atoms with Crippen LogP contribution in [0.3, 0.4) is 0 Å².